The van der Waals surface area contributed by atoms with Crippen LogP contribution in [-0.4, -0.2) is 32.4 Å². The number of nitrogens with one attached hydrogen (secondary N) is 1. The number of carbonyl (C=O) groups excluding carboxylic acids is 1. The van der Waals surface area contributed by atoms with Gasteiger partial charge < -0.3 is 5.32 Å². The number of halogens is 1. The van der Waals surface area contributed by atoms with Crippen LogP contribution in [0.25, 0.3) is 5.52 Å². The molecular formula is C14H19BrN4O. The molecule has 1 amide bonds. The summed E-state index contributed by atoms with van der Waals surface area (Å²) in [5.41, 5.74) is 1.31. The first-order chi connectivity index (χ1) is 9.76. The lowest BCUT2D eigenvalue weighted by Crippen LogP contribution is -2.29. The summed E-state index contributed by atoms with van der Waals surface area (Å²) < 4.78 is 1.66. The van der Waals surface area contributed by atoms with Crippen LogP contribution in [0.3, 0.4) is 0 Å². The SMILES string of the molecule is CCCC(CCBr)CNC(=O)c1cnn2ccncc12. The van der Waals surface area contributed by atoms with Crippen molar-refractivity contribution in [2.75, 3.05) is 11.9 Å². The van der Waals surface area contributed by atoms with Crippen molar-refractivity contribution < 1.29 is 4.79 Å². The van der Waals surface area contributed by atoms with E-state index in [0.29, 0.717) is 18.0 Å². The Kier molecular flexibility index (Phi) is 5.52. The normalized spacial score (nSPS) is 12.5. The van der Waals surface area contributed by atoms with Gasteiger partial charge >= 0.3 is 0 Å². The van der Waals surface area contributed by atoms with E-state index in [4.69, 9.17) is 0 Å². The molecule has 5 nitrogen and oxygen atoms in total. The van der Waals surface area contributed by atoms with Crippen LogP contribution >= 0.6 is 15.9 Å². The van der Waals surface area contributed by atoms with Crippen LogP contribution in [0.1, 0.15) is 36.5 Å². The topological polar surface area (TPSA) is 59.3 Å². The van der Waals surface area contributed by atoms with Crippen molar-refractivity contribution in [2.45, 2.75) is 26.2 Å². The van der Waals surface area contributed by atoms with Gasteiger partial charge in [-0.3, -0.25) is 9.78 Å². The van der Waals surface area contributed by atoms with Crippen LogP contribution in [-0.2, 0) is 0 Å². The zero-order chi connectivity index (χ0) is 14.4. The molecule has 6 heteroatoms. The van der Waals surface area contributed by atoms with E-state index >= 15 is 0 Å². The molecule has 1 unspecified atom stereocenters. The van der Waals surface area contributed by atoms with E-state index in [1.54, 1.807) is 29.3 Å². The average Bonchev–Trinajstić information content (AvgIpc) is 2.89. The number of hydrogen-bond acceptors (Lipinski definition) is 3. The van der Waals surface area contributed by atoms with Crippen LogP contribution in [0.2, 0.25) is 0 Å². The summed E-state index contributed by atoms with van der Waals surface area (Å²) in [4.78, 5) is 16.3. The molecule has 0 fully saturated rings. The van der Waals surface area contributed by atoms with Crippen molar-refractivity contribution in [3.63, 3.8) is 0 Å². The molecule has 0 radical (unpaired) electrons. The maximum absolute atomic E-state index is 12.2. The summed E-state index contributed by atoms with van der Waals surface area (Å²) in [5.74, 6) is 0.437. The van der Waals surface area contributed by atoms with E-state index in [-0.39, 0.29) is 5.91 Å². The Balaban J connectivity index is 2.01. The van der Waals surface area contributed by atoms with Gasteiger partial charge in [-0.15, -0.1) is 0 Å². The molecule has 108 valence electrons. The maximum Gasteiger partial charge on any atom is 0.255 e. The number of aromatic nitrogens is 3. The molecule has 0 spiro atoms. The van der Waals surface area contributed by atoms with E-state index in [1.807, 2.05) is 0 Å². The van der Waals surface area contributed by atoms with Crippen LogP contribution in [0.4, 0.5) is 0 Å². The summed E-state index contributed by atoms with van der Waals surface area (Å²) in [6.45, 7) is 2.87. The minimum atomic E-state index is -0.0799. The smallest absolute Gasteiger partial charge is 0.255 e. The Morgan fingerprint density at radius 1 is 1.45 bits per heavy atom. The summed E-state index contributed by atoms with van der Waals surface area (Å²) in [7, 11) is 0. The summed E-state index contributed by atoms with van der Waals surface area (Å²) in [5, 5.41) is 8.12. The van der Waals surface area contributed by atoms with Crippen LogP contribution in [0.15, 0.2) is 24.8 Å². The molecule has 2 heterocycles. The fourth-order valence-corrected chi connectivity index (χ4v) is 2.90. The molecule has 1 N–H and O–H groups in total. The van der Waals surface area contributed by atoms with Gasteiger partial charge in [0.15, 0.2) is 0 Å². The monoisotopic (exact) mass is 338 g/mol. The first-order valence-corrected chi connectivity index (χ1v) is 8.00. The number of hydrogen-bond donors (Lipinski definition) is 1. The van der Waals surface area contributed by atoms with Crippen LogP contribution in [0.5, 0.6) is 0 Å². The highest BCUT2D eigenvalue weighted by molar-refractivity contribution is 9.09. The van der Waals surface area contributed by atoms with E-state index in [1.165, 1.54) is 0 Å². The molecule has 0 saturated heterocycles. The van der Waals surface area contributed by atoms with Crippen LogP contribution < -0.4 is 5.32 Å². The van der Waals surface area contributed by atoms with Gasteiger partial charge in [-0.25, -0.2) is 4.52 Å². The van der Waals surface area contributed by atoms with E-state index in [9.17, 15) is 4.79 Å². The quantitative estimate of drug-likeness (QED) is 0.789. The average molecular weight is 339 g/mol. The predicted octanol–water partition coefficient (Wildman–Crippen LogP) is 2.66. The molecule has 0 saturated carbocycles. The van der Waals surface area contributed by atoms with Gasteiger partial charge in [-0.05, 0) is 18.8 Å². The molecule has 2 aromatic heterocycles. The maximum atomic E-state index is 12.2. The van der Waals surface area contributed by atoms with Gasteiger partial charge in [0.2, 0.25) is 0 Å². The molecule has 0 bridgehead atoms. The predicted molar refractivity (Wildman–Crippen MR) is 82.1 cm³/mol. The van der Waals surface area contributed by atoms with E-state index in [2.05, 4.69) is 38.3 Å². The van der Waals surface area contributed by atoms with Crippen molar-refractivity contribution >= 4 is 27.4 Å². The molecule has 20 heavy (non-hydrogen) atoms. The van der Waals surface area contributed by atoms with Gasteiger partial charge in [0.25, 0.3) is 5.91 Å². The molecule has 0 aliphatic carbocycles. The molecule has 2 aromatic rings. The minimum absolute atomic E-state index is 0.0799. The Labute approximate surface area is 126 Å². The highest BCUT2D eigenvalue weighted by atomic mass is 79.9. The first kappa shape index (κ1) is 15.0. The molecule has 2 rings (SSSR count). The third-order valence-electron chi connectivity index (χ3n) is 3.33. The van der Waals surface area contributed by atoms with Crippen molar-refractivity contribution in [1.82, 2.24) is 19.9 Å². The van der Waals surface area contributed by atoms with Gasteiger partial charge in [-0.1, -0.05) is 29.3 Å². The number of amides is 1. The lowest BCUT2D eigenvalue weighted by Gasteiger charge is -2.15. The molecule has 1 atom stereocenters. The highest BCUT2D eigenvalue weighted by Crippen LogP contribution is 2.13. The molecular weight excluding hydrogens is 320 g/mol. The zero-order valence-electron chi connectivity index (χ0n) is 11.6. The summed E-state index contributed by atoms with van der Waals surface area (Å²) in [6, 6.07) is 0. The number of fused-ring (bicyclic) bond motifs is 1. The van der Waals surface area contributed by atoms with Gasteiger partial charge in [0, 0.05) is 24.3 Å². The second-order valence-electron chi connectivity index (χ2n) is 4.81. The van der Waals surface area contributed by atoms with Crippen molar-refractivity contribution in [1.29, 1.82) is 0 Å². The summed E-state index contributed by atoms with van der Waals surface area (Å²) in [6.07, 6.45) is 9.96. The van der Waals surface area contributed by atoms with Crippen LogP contribution in [0, 0.1) is 5.92 Å². The fourth-order valence-electron chi connectivity index (χ4n) is 2.25. The lowest BCUT2D eigenvalue weighted by atomic mass is 10.0. The Hall–Kier alpha value is -1.43. The number of nitrogens with zero attached hydrogens (tertiary/aromatic N) is 3. The number of rotatable bonds is 7. The van der Waals surface area contributed by atoms with E-state index in [0.717, 1.165) is 30.1 Å². The standard InChI is InChI=1S/C14H19BrN4O/c1-2-3-11(4-5-15)8-17-14(20)12-9-18-19-7-6-16-10-13(12)19/h6-7,9-11H,2-5,8H2,1H3,(H,17,20). The minimum Gasteiger partial charge on any atom is -0.352 e. The molecule has 0 aliphatic rings. The Morgan fingerprint density at radius 3 is 3.05 bits per heavy atom. The Bertz CT molecular complexity index is 563. The Morgan fingerprint density at radius 2 is 2.30 bits per heavy atom. The van der Waals surface area contributed by atoms with Crippen molar-refractivity contribution in [2.24, 2.45) is 5.92 Å². The third kappa shape index (κ3) is 3.56. The largest absolute Gasteiger partial charge is 0.352 e. The van der Waals surface area contributed by atoms with Crippen molar-refractivity contribution in [3.05, 3.63) is 30.4 Å². The van der Waals surface area contributed by atoms with Gasteiger partial charge in [0.1, 0.15) is 0 Å². The number of alkyl halides is 1. The summed E-state index contributed by atoms with van der Waals surface area (Å²) >= 11 is 3.46. The third-order valence-corrected chi connectivity index (χ3v) is 3.79. The van der Waals surface area contributed by atoms with Gasteiger partial charge in [0.05, 0.1) is 23.5 Å². The van der Waals surface area contributed by atoms with Crippen molar-refractivity contribution in [3.8, 4) is 0 Å². The fraction of sp³-hybridized carbons (Fsp3) is 0.500. The first-order valence-electron chi connectivity index (χ1n) is 6.87. The number of carbonyl (C=O) groups is 1. The molecule has 0 aromatic carbocycles. The van der Waals surface area contributed by atoms with E-state index < -0.39 is 0 Å². The lowest BCUT2D eigenvalue weighted by molar-refractivity contribution is 0.0947. The van der Waals surface area contributed by atoms with Gasteiger partial charge in [-0.2, -0.15) is 5.10 Å². The zero-order valence-corrected chi connectivity index (χ0v) is 13.1. The highest BCUT2D eigenvalue weighted by Gasteiger charge is 2.14. The second-order valence-corrected chi connectivity index (χ2v) is 5.60. The molecule has 0 aliphatic heterocycles. The second kappa shape index (κ2) is 7.38.